The zero-order valence-corrected chi connectivity index (χ0v) is 6.03. The van der Waals surface area contributed by atoms with Crippen LogP contribution >= 0.6 is 0 Å². The van der Waals surface area contributed by atoms with Crippen LogP contribution in [-0.4, -0.2) is 16.4 Å². The van der Waals surface area contributed by atoms with Crippen LogP contribution in [0.3, 0.4) is 0 Å². The Hall–Kier alpha value is -1.03. The van der Waals surface area contributed by atoms with E-state index in [0.29, 0.717) is 6.01 Å². The van der Waals surface area contributed by atoms with E-state index in [9.17, 15) is 0 Å². The number of aliphatic hydroxyl groups is 1. The summed E-state index contributed by atoms with van der Waals surface area (Å²) in [6.07, 6.45) is 2.76. The predicted molar refractivity (Wildman–Crippen MR) is 34.3 cm³/mol. The molecule has 0 bridgehead atoms. The predicted octanol–water partition coefficient (Wildman–Crippen LogP) is -0.444. The molecule has 1 aromatic heterocycles. The second kappa shape index (κ2) is 2.70. The highest BCUT2D eigenvalue weighted by Gasteiger charge is 2.09. The van der Waals surface area contributed by atoms with Crippen molar-refractivity contribution in [1.29, 1.82) is 0 Å². The lowest BCUT2D eigenvalue weighted by molar-refractivity contribution is -0.677. The molecule has 4 nitrogen and oxygen atoms in total. The summed E-state index contributed by atoms with van der Waals surface area (Å²) < 4.78 is 6.69. The highest BCUT2D eigenvalue weighted by molar-refractivity contribution is 4.81. The number of aryl methyl sites for hydroxylation is 1. The van der Waals surface area contributed by atoms with Crippen molar-refractivity contribution in [3.05, 3.63) is 12.4 Å². The van der Waals surface area contributed by atoms with E-state index in [2.05, 4.69) is 4.98 Å². The first-order chi connectivity index (χ1) is 4.70. The van der Waals surface area contributed by atoms with Gasteiger partial charge in [0.05, 0.1) is 7.05 Å². The van der Waals surface area contributed by atoms with E-state index in [1.807, 2.05) is 7.05 Å². The summed E-state index contributed by atoms with van der Waals surface area (Å²) in [4.78, 5) is 2.82. The standard InChI is InChI=1S/C6H10N2O2/c1-5(9)10-6-7-3-4-8(6)2/h3-5,9H,1-2H3/p+1. The Morgan fingerprint density at radius 2 is 2.50 bits per heavy atom. The number of nitrogens with one attached hydrogen (secondary N) is 1. The summed E-state index contributed by atoms with van der Waals surface area (Å²) in [5.74, 6) is 0. The van der Waals surface area contributed by atoms with Crippen molar-refractivity contribution in [3.63, 3.8) is 0 Å². The molecule has 0 radical (unpaired) electrons. The molecule has 4 heteroatoms. The van der Waals surface area contributed by atoms with Gasteiger partial charge in [-0.05, 0) is 6.92 Å². The van der Waals surface area contributed by atoms with Crippen LogP contribution in [0.5, 0.6) is 6.01 Å². The van der Waals surface area contributed by atoms with Gasteiger partial charge in [0.1, 0.15) is 12.4 Å². The van der Waals surface area contributed by atoms with Crippen LogP contribution in [0.1, 0.15) is 6.92 Å². The highest BCUT2D eigenvalue weighted by Crippen LogP contribution is 1.96. The van der Waals surface area contributed by atoms with Crippen molar-refractivity contribution in [2.24, 2.45) is 7.05 Å². The van der Waals surface area contributed by atoms with E-state index in [4.69, 9.17) is 9.84 Å². The summed E-state index contributed by atoms with van der Waals surface area (Å²) >= 11 is 0. The molecule has 0 amide bonds. The molecule has 1 heterocycles. The average Bonchev–Trinajstić information content (AvgIpc) is 2.15. The minimum Gasteiger partial charge on any atom is -0.402 e. The molecule has 0 fully saturated rings. The van der Waals surface area contributed by atoms with Gasteiger partial charge in [0, 0.05) is 0 Å². The largest absolute Gasteiger partial charge is 0.455 e. The molecule has 0 aliphatic rings. The van der Waals surface area contributed by atoms with Gasteiger partial charge in [-0.3, -0.25) is 0 Å². The monoisotopic (exact) mass is 143 g/mol. The van der Waals surface area contributed by atoms with Crippen LogP contribution in [0, 0.1) is 0 Å². The van der Waals surface area contributed by atoms with Crippen molar-refractivity contribution in [1.82, 2.24) is 4.98 Å². The van der Waals surface area contributed by atoms with Gasteiger partial charge in [0.2, 0.25) is 6.29 Å². The maximum atomic E-state index is 8.79. The van der Waals surface area contributed by atoms with Gasteiger partial charge in [-0.25, -0.2) is 9.55 Å². The number of aromatic amines is 1. The molecule has 0 aliphatic heterocycles. The molecule has 0 saturated carbocycles. The maximum absolute atomic E-state index is 8.79. The molecule has 56 valence electrons. The van der Waals surface area contributed by atoms with E-state index in [1.54, 1.807) is 23.9 Å². The smallest absolute Gasteiger partial charge is 0.402 e. The number of nitrogens with zero attached hydrogens (tertiary/aromatic N) is 1. The van der Waals surface area contributed by atoms with Gasteiger partial charge in [-0.15, -0.1) is 0 Å². The van der Waals surface area contributed by atoms with Crippen molar-refractivity contribution in [2.45, 2.75) is 13.2 Å². The van der Waals surface area contributed by atoms with Crippen molar-refractivity contribution in [2.75, 3.05) is 0 Å². The third-order valence-corrected chi connectivity index (χ3v) is 1.11. The maximum Gasteiger partial charge on any atom is 0.455 e. The third kappa shape index (κ3) is 1.48. The number of aliphatic hydroxyl groups excluding tert-OH is 1. The second-order valence-corrected chi connectivity index (χ2v) is 2.09. The van der Waals surface area contributed by atoms with Gasteiger partial charge < -0.3 is 9.84 Å². The number of aromatic nitrogens is 2. The van der Waals surface area contributed by atoms with Gasteiger partial charge in [0.15, 0.2) is 0 Å². The number of rotatable bonds is 2. The fourth-order valence-corrected chi connectivity index (χ4v) is 0.669. The molecule has 1 aromatic rings. The molecule has 0 spiro atoms. The van der Waals surface area contributed by atoms with E-state index in [-0.39, 0.29) is 0 Å². The zero-order valence-electron chi connectivity index (χ0n) is 6.03. The number of ether oxygens (including phenoxy) is 1. The Labute approximate surface area is 59.1 Å². The molecule has 10 heavy (non-hydrogen) atoms. The Morgan fingerprint density at radius 3 is 2.90 bits per heavy atom. The second-order valence-electron chi connectivity index (χ2n) is 2.09. The molecule has 0 saturated heterocycles. The van der Waals surface area contributed by atoms with Gasteiger partial charge >= 0.3 is 6.01 Å². The number of H-pyrrole nitrogens is 1. The van der Waals surface area contributed by atoms with E-state index < -0.39 is 6.29 Å². The highest BCUT2D eigenvalue weighted by atomic mass is 16.6. The van der Waals surface area contributed by atoms with E-state index in [0.717, 1.165) is 0 Å². The molecular weight excluding hydrogens is 132 g/mol. The first kappa shape index (κ1) is 7.08. The van der Waals surface area contributed by atoms with Crippen LogP contribution < -0.4 is 9.30 Å². The molecule has 0 aliphatic carbocycles. The lowest BCUT2D eigenvalue weighted by Gasteiger charge is -2.01. The van der Waals surface area contributed by atoms with Crippen LogP contribution in [0.4, 0.5) is 0 Å². The van der Waals surface area contributed by atoms with Gasteiger partial charge in [-0.2, -0.15) is 0 Å². The molecule has 1 unspecified atom stereocenters. The van der Waals surface area contributed by atoms with Gasteiger partial charge in [0.25, 0.3) is 0 Å². The minimum atomic E-state index is -0.773. The van der Waals surface area contributed by atoms with Crippen LogP contribution in [-0.2, 0) is 7.05 Å². The summed E-state index contributed by atoms with van der Waals surface area (Å²) in [6, 6.07) is 0.551. The van der Waals surface area contributed by atoms with Crippen LogP contribution in [0.15, 0.2) is 12.4 Å². The lowest BCUT2D eigenvalue weighted by atomic mass is 10.8. The molecule has 2 N–H and O–H groups in total. The SMILES string of the molecule is CC(O)Oc1[nH]cc[n+]1C. The van der Waals surface area contributed by atoms with Crippen LogP contribution in [0.25, 0.3) is 0 Å². The third-order valence-electron chi connectivity index (χ3n) is 1.11. The Balaban J connectivity index is 2.65. The normalized spacial score (nSPS) is 13.1. The van der Waals surface area contributed by atoms with Crippen molar-refractivity contribution in [3.8, 4) is 6.01 Å². The minimum absolute atomic E-state index is 0.551. The molecular formula is C6H11N2O2+. The summed E-state index contributed by atoms with van der Waals surface area (Å²) in [5, 5.41) is 8.79. The summed E-state index contributed by atoms with van der Waals surface area (Å²) in [5.41, 5.74) is 0. The lowest BCUT2D eigenvalue weighted by Crippen LogP contribution is -2.29. The molecule has 1 atom stereocenters. The zero-order chi connectivity index (χ0) is 7.56. The van der Waals surface area contributed by atoms with Crippen LogP contribution in [0.2, 0.25) is 0 Å². The Bertz CT molecular complexity index is 207. The van der Waals surface area contributed by atoms with Crippen molar-refractivity contribution >= 4 is 0 Å². The van der Waals surface area contributed by atoms with E-state index >= 15 is 0 Å². The Kier molecular flexibility index (Phi) is 1.91. The van der Waals surface area contributed by atoms with E-state index in [1.165, 1.54) is 0 Å². The number of hydrogen-bond acceptors (Lipinski definition) is 2. The summed E-state index contributed by atoms with van der Waals surface area (Å²) in [6.45, 7) is 1.56. The van der Waals surface area contributed by atoms with Gasteiger partial charge in [-0.1, -0.05) is 0 Å². The fourth-order valence-electron chi connectivity index (χ4n) is 0.669. The average molecular weight is 143 g/mol. The molecule has 0 aromatic carbocycles. The quantitative estimate of drug-likeness (QED) is 0.435. The fraction of sp³-hybridized carbons (Fsp3) is 0.500. The first-order valence-electron chi connectivity index (χ1n) is 3.08. The number of imidazole rings is 1. The summed E-state index contributed by atoms with van der Waals surface area (Å²) in [7, 11) is 1.83. The topological polar surface area (TPSA) is 49.1 Å². The molecule has 1 rings (SSSR count). The number of hydrogen-bond donors (Lipinski definition) is 2. The Morgan fingerprint density at radius 1 is 1.80 bits per heavy atom. The van der Waals surface area contributed by atoms with Crippen molar-refractivity contribution < 1.29 is 14.4 Å². The first-order valence-corrected chi connectivity index (χ1v) is 3.08.